The average Bonchev–Trinajstić information content (AvgIpc) is 2.73. The summed E-state index contributed by atoms with van der Waals surface area (Å²) >= 11 is 0. The van der Waals surface area contributed by atoms with Crippen LogP contribution in [0.3, 0.4) is 0 Å². The number of benzene rings is 2. The van der Waals surface area contributed by atoms with Crippen molar-refractivity contribution in [1.29, 1.82) is 0 Å². The molecule has 0 radical (unpaired) electrons. The number of nitrogens with two attached hydrogens (primary N) is 1. The van der Waals surface area contributed by atoms with Crippen molar-refractivity contribution in [3.8, 4) is 0 Å². The molecular weight excluding hydrogens is 208 g/mol. The maximum atomic E-state index is 5.79. The molecule has 3 rings (SSSR count). The molecule has 17 heavy (non-hydrogen) atoms. The normalized spacial score (nSPS) is 10.8. The predicted octanol–water partition coefficient (Wildman–Crippen LogP) is 3.34. The Morgan fingerprint density at radius 2 is 1.88 bits per heavy atom. The minimum atomic E-state index is 0.822. The number of nitrogens with one attached hydrogen (secondary N) is 1. The van der Waals surface area contributed by atoms with E-state index in [1.807, 2.05) is 24.3 Å². The summed E-state index contributed by atoms with van der Waals surface area (Å²) in [6.07, 6.45) is 2.99. The number of anilines is 1. The molecule has 1 heterocycles. The minimum absolute atomic E-state index is 0.822. The van der Waals surface area contributed by atoms with Crippen molar-refractivity contribution in [2.24, 2.45) is 0 Å². The second-order valence-electron chi connectivity index (χ2n) is 4.28. The van der Waals surface area contributed by atoms with E-state index in [0.29, 0.717) is 0 Å². The van der Waals surface area contributed by atoms with E-state index in [2.05, 4.69) is 35.4 Å². The van der Waals surface area contributed by atoms with Crippen LogP contribution in [0.25, 0.3) is 10.9 Å². The van der Waals surface area contributed by atoms with E-state index in [0.717, 1.165) is 12.1 Å². The Morgan fingerprint density at radius 1 is 1.00 bits per heavy atom. The first-order chi connectivity index (χ1) is 8.33. The third kappa shape index (κ3) is 1.89. The van der Waals surface area contributed by atoms with Gasteiger partial charge in [0, 0.05) is 22.8 Å². The molecule has 0 saturated heterocycles. The highest BCUT2D eigenvalue weighted by Crippen LogP contribution is 2.21. The number of fused-ring (bicyclic) bond motifs is 1. The summed E-state index contributed by atoms with van der Waals surface area (Å²) in [6, 6.07) is 16.4. The molecule has 0 amide bonds. The molecule has 0 atom stereocenters. The van der Waals surface area contributed by atoms with Crippen molar-refractivity contribution in [2.75, 3.05) is 5.73 Å². The fraction of sp³-hybridized carbons (Fsp3) is 0.0667. The Kier molecular flexibility index (Phi) is 2.33. The van der Waals surface area contributed by atoms with Gasteiger partial charge in [-0.05, 0) is 35.7 Å². The molecule has 3 N–H and O–H groups in total. The lowest BCUT2D eigenvalue weighted by atomic mass is 10.0. The van der Waals surface area contributed by atoms with Gasteiger partial charge in [0.05, 0.1) is 0 Å². The van der Waals surface area contributed by atoms with E-state index in [4.69, 9.17) is 5.73 Å². The number of H-pyrrole nitrogens is 1. The van der Waals surface area contributed by atoms with Crippen LogP contribution < -0.4 is 5.73 Å². The zero-order valence-electron chi connectivity index (χ0n) is 9.48. The van der Waals surface area contributed by atoms with E-state index in [9.17, 15) is 0 Å². The van der Waals surface area contributed by atoms with Crippen LogP contribution in [0, 0.1) is 0 Å². The molecule has 0 aliphatic rings. The molecule has 0 aliphatic carbocycles. The van der Waals surface area contributed by atoms with Gasteiger partial charge in [0.1, 0.15) is 0 Å². The number of nitrogen functional groups attached to an aromatic ring is 1. The fourth-order valence-corrected chi connectivity index (χ4v) is 2.20. The summed E-state index contributed by atoms with van der Waals surface area (Å²) in [5, 5.41) is 1.29. The largest absolute Gasteiger partial charge is 0.399 e. The fourth-order valence-electron chi connectivity index (χ4n) is 2.20. The molecule has 2 aromatic carbocycles. The van der Waals surface area contributed by atoms with Gasteiger partial charge >= 0.3 is 0 Å². The smallest absolute Gasteiger partial charge is 0.0456 e. The van der Waals surface area contributed by atoms with Gasteiger partial charge in [0.15, 0.2) is 0 Å². The first-order valence-corrected chi connectivity index (χ1v) is 5.72. The highest BCUT2D eigenvalue weighted by Gasteiger charge is 2.03. The number of para-hydroxylation sites is 1. The van der Waals surface area contributed by atoms with E-state index < -0.39 is 0 Å². The van der Waals surface area contributed by atoms with Gasteiger partial charge in [-0.3, -0.25) is 0 Å². The zero-order valence-corrected chi connectivity index (χ0v) is 9.48. The van der Waals surface area contributed by atoms with Crippen LogP contribution in [0.5, 0.6) is 0 Å². The Labute approximate surface area is 100 Å². The lowest BCUT2D eigenvalue weighted by molar-refractivity contribution is 1.21. The minimum Gasteiger partial charge on any atom is -0.399 e. The number of hydrogen-bond acceptors (Lipinski definition) is 1. The maximum absolute atomic E-state index is 5.79. The number of aromatic nitrogens is 1. The Bertz CT molecular complexity index is 653. The van der Waals surface area contributed by atoms with Gasteiger partial charge in [-0.25, -0.2) is 0 Å². The molecule has 0 aliphatic heterocycles. The Balaban J connectivity index is 2.00. The summed E-state index contributed by atoms with van der Waals surface area (Å²) in [6.45, 7) is 0. The highest BCUT2D eigenvalue weighted by molar-refractivity contribution is 5.83. The van der Waals surface area contributed by atoms with E-state index in [1.165, 1.54) is 22.0 Å². The summed E-state index contributed by atoms with van der Waals surface area (Å²) < 4.78 is 0. The molecule has 84 valence electrons. The van der Waals surface area contributed by atoms with Crippen LogP contribution >= 0.6 is 0 Å². The monoisotopic (exact) mass is 222 g/mol. The molecule has 0 saturated carbocycles. The zero-order chi connectivity index (χ0) is 11.7. The van der Waals surface area contributed by atoms with Crippen LogP contribution in [-0.4, -0.2) is 4.98 Å². The molecule has 0 bridgehead atoms. The summed E-state index contributed by atoms with van der Waals surface area (Å²) in [7, 11) is 0. The SMILES string of the molecule is Nc1cccc(Cc2c[nH]c3ccccc23)c1. The summed E-state index contributed by atoms with van der Waals surface area (Å²) in [5.74, 6) is 0. The third-order valence-corrected chi connectivity index (χ3v) is 3.02. The maximum Gasteiger partial charge on any atom is 0.0456 e. The van der Waals surface area contributed by atoms with Crippen molar-refractivity contribution in [3.63, 3.8) is 0 Å². The molecule has 0 fully saturated rings. The second-order valence-corrected chi connectivity index (χ2v) is 4.28. The number of hydrogen-bond donors (Lipinski definition) is 2. The van der Waals surface area contributed by atoms with Gasteiger partial charge in [-0.1, -0.05) is 30.3 Å². The van der Waals surface area contributed by atoms with E-state index in [1.54, 1.807) is 0 Å². The molecular formula is C15H14N2. The molecule has 2 heteroatoms. The second kappa shape index (κ2) is 3.98. The quantitative estimate of drug-likeness (QED) is 0.641. The lowest BCUT2D eigenvalue weighted by Crippen LogP contribution is -1.90. The molecule has 1 aromatic heterocycles. The van der Waals surface area contributed by atoms with Gasteiger partial charge in [-0.2, -0.15) is 0 Å². The first kappa shape index (κ1) is 9.97. The van der Waals surface area contributed by atoms with Crippen LogP contribution in [-0.2, 0) is 6.42 Å². The highest BCUT2D eigenvalue weighted by atomic mass is 14.7. The van der Waals surface area contributed by atoms with Crippen LogP contribution in [0.2, 0.25) is 0 Å². The summed E-state index contributed by atoms with van der Waals surface area (Å²) in [5.41, 5.74) is 10.4. The lowest BCUT2D eigenvalue weighted by Gasteiger charge is -2.01. The molecule has 0 unspecified atom stereocenters. The Hall–Kier alpha value is -2.22. The number of aromatic amines is 1. The van der Waals surface area contributed by atoms with Crippen molar-refractivity contribution in [1.82, 2.24) is 4.98 Å². The first-order valence-electron chi connectivity index (χ1n) is 5.72. The summed E-state index contributed by atoms with van der Waals surface area (Å²) in [4.78, 5) is 3.29. The van der Waals surface area contributed by atoms with E-state index >= 15 is 0 Å². The van der Waals surface area contributed by atoms with Gasteiger partial charge in [0.25, 0.3) is 0 Å². The van der Waals surface area contributed by atoms with Crippen LogP contribution in [0.4, 0.5) is 5.69 Å². The Morgan fingerprint density at radius 3 is 2.76 bits per heavy atom. The van der Waals surface area contributed by atoms with Gasteiger partial charge < -0.3 is 10.7 Å². The van der Waals surface area contributed by atoms with E-state index in [-0.39, 0.29) is 0 Å². The van der Waals surface area contributed by atoms with Crippen LogP contribution in [0.1, 0.15) is 11.1 Å². The van der Waals surface area contributed by atoms with Crippen LogP contribution in [0.15, 0.2) is 54.7 Å². The topological polar surface area (TPSA) is 41.8 Å². The van der Waals surface area contributed by atoms with Crippen molar-refractivity contribution in [3.05, 3.63) is 65.9 Å². The van der Waals surface area contributed by atoms with Crippen molar-refractivity contribution >= 4 is 16.6 Å². The van der Waals surface area contributed by atoms with Crippen molar-refractivity contribution in [2.45, 2.75) is 6.42 Å². The van der Waals surface area contributed by atoms with Gasteiger partial charge in [-0.15, -0.1) is 0 Å². The molecule has 2 nitrogen and oxygen atoms in total. The third-order valence-electron chi connectivity index (χ3n) is 3.02. The van der Waals surface area contributed by atoms with Crippen molar-refractivity contribution < 1.29 is 0 Å². The molecule has 0 spiro atoms. The predicted molar refractivity (Wildman–Crippen MR) is 72.0 cm³/mol. The standard InChI is InChI=1S/C15H14N2/c16-13-5-3-4-11(9-13)8-12-10-17-15-7-2-1-6-14(12)15/h1-7,9-10,17H,8,16H2. The van der Waals surface area contributed by atoms with Gasteiger partial charge in [0.2, 0.25) is 0 Å². The number of rotatable bonds is 2. The molecule has 3 aromatic rings. The average molecular weight is 222 g/mol.